The SMILES string of the molecule is NC1CCCC(C(=O)N2CCCCCC2c2ccccc2)C1. The van der Waals surface area contributed by atoms with Crippen molar-refractivity contribution in [3.05, 3.63) is 35.9 Å². The van der Waals surface area contributed by atoms with Crippen LogP contribution in [0, 0.1) is 5.92 Å². The summed E-state index contributed by atoms with van der Waals surface area (Å²) < 4.78 is 0. The van der Waals surface area contributed by atoms with E-state index in [9.17, 15) is 4.79 Å². The lowest BCUT2D eigenvalue weighted by molar-refractivity contribution is -0.139. The van der Waals surface area contributed by atoms with E-state index < -0.39 is 0 Å². The smallest absolute Gasteiger partial charge is 0.226 e. The summed E-state index contributed by atoms with van der Waals surface area (Å²) in [5.41, 5.74) is 7.39. The zero-order chi connectivity index (χ0) is 15.4. The van der Waals surface area contributed by atoms with Crippen molar-refractivity contribution in [2.24, 2.45) is 11.7 Å². The van der Waals surface area contributed by atoms with Gasteiger partial charge in [0.05, 0.1) is 6.04 Å². The molecule has 0 spiro atoms. The summed E-state index contributed by atoms with van der Waals surface area (Å²) in [5, 5.41) is 0. The Morgan fingerprint density at radius 2 is 1.82 bits per heavy atom. The van der Waals surface area contributed by atoms with Crippen LogP contribution in [0.4, 0.5) is 0 Å². The second kappa shape index (κ2) is 7.28. The van der Waals surface area contributed by atoms with Gasteiger partial charge in [0.2, 0.25) is 5.91 Å². The van der Waals surface area contributed by atoms with Crippen LogP contribution in [0.3, 0.4) is 0 Å². The Labute approximate surface area is 133 Å². The van der Waals surface area contributed by atoms with E-state index in [1.165, 1.54) is 18.4 Å². The largest absolute Gasteiger partial charge is 0.335 e. The molecule has 1 heterocycles. The molecule has 1 aliphatic carbocycles. The van der Waals surface area contributed by atoms with Gasteiger partial charge in [-0.15, -0.1) is 0 Å². The van der Waals surface area contributed by atoms with Crippen LogP contribution < -0.4 is 5.73 Å². The van der Waals surface area contributed by atoms with E-state index in [1.807, 2.05) is 6.07 Å². The molecule has 2 N–H and O–H groups in total. The van der Waals surface area contributed by atoms with Crippen molar-refractivity contribution in [1.82, 2.24) is 4.90 Å². The molecule has 0 radical (unpaired) electrons. The summed E-state index contributed by atoms with van der Waals surface area (Å²) in [6.45, 7) is 0.907. The molecule has 0 aromatic heterocycles. The first-order valence-electron chi connectivity index (χ1n) is 8.86. The zero-order valence-electron chi connectivity index (χ0n) is 13.4. The number of likely N-dealkylation sites (tertiary alicyclic amines) is 1. The highest BCUT2D eigenvalue weighted by atomic mass is 16.2. The Balaban J connectivity index is 1.79. The molecule has 1 aromatic carbocycles. The minimum atomic E-state index is 0.146. The number of carbonyl (C=O) groups excluding carboxylic acids is 1. The monoisotopic (exact) mass is 300 g/mol. The highest BCUT2D eigenvalue weighted by molar-refractivity contribution is 5.79. The van der Waals surface area contributed by atoms with E-state index in [0.29, 0.717) is 5.91 Å². The van der Waals surface area contributed by atoms with Crippen LogP contribution in [-0.2, 0) is 4.79 Å². The molecule has 1 aromatic rings. The normalized spacial score (nSPS) is 29.9. The minimum absolute atomic E-state index is 0.146. The maximum absolute atomic E-state index is 13.1. The average molecular weight is 300 g/mol. The van der Waals surface area contributed by atoms with E-state index in [2.05, 4.69) is 29.2 Å². The summed E-state index contributed by atoms with van der Waals surface area (Å²) in [4.78, 5) is 15.3. The van der Waals surface area contributed by atoms with Crippen LogP contribution in [0.5, 0.6) is 0 Å². The predicted molar refractivity (Wildman–Crippen MR) is 89.3 cm³/mol. The van der Waals surface area contributed by atoms with Crippen molar-refractivity contribution in [2.75, 3.05) is 6.54 Å². The maximum Gasteiger partial charge on any atom is 0.226 e. The Morgan fingerprint density at radius 1 is 1.00 bits per heavy atom. The Hall–Kier alpha value is -1.35. The lowest BCUT2D eigenvalue weighted by atomic mass is 9.84. The molecule has 3 nitrogen and oxygen atoms in total. The lowest BCUT2D eigenvalue weighted by Crippen LogP contribution is -2.42. The number of hydrogen-bond acceptors (Lipinski definition) is 2. The number of benzene rings is 1. The number of nitrogens with zero attached hydrogens (tertiary/aromatic N) is 1. The summed E-state index contributed by atoms with van der Waals surface area (Å²) in [5.74, 6) is 0.499. The van der Waals surface area contributed by atoms with E-state index in [-0.39, 0.29) is 18.0 Å². The summed E-state index contributed by atoms with van der Waals surface area (Å²) >= 11 is 0. The van der Waals surface area contributed by atoms with Crippen LogP contribution in [0.2, 0.25) is 0 Å². The van der Waals surface area contributed by atoms with Gasteiger partial charge < -0.3 is 10.6 Å². The number of rotatable bonds is 2. The molecular weight excluding hydrogens is 272 g/mol. The molecule has 1 amide bonds. The van der Waals surface area contributed by atoms with Crippen molar-refractivity contribution in [1.29, 1.82) is 0 Å². The van der Waals surface area contributed by atoms with Gasteiger partial charge in [-0.1, -0.05) is 49.6 Å². The second-order valence-corrected chi connectivity index (χ2v) is 6.93. The fourth-order valence-electron chi connectivity index (χ4n) is 4.08. The molecule has 1 saturated heterocycles. The second-order valence-electron chi connectivity index (χ2n) is 6.93. The van der Waals surface area contributed by atoms with Gasteiger partial charge in [0.15, 0.2) is 0 Å². The highest BCUT2D eigenvalue weighted by Crippen LogP contribution is 2.34. The van der Waals surface area contributed by atoms with E-state index in [4.69, 9.17) is 5.73 Å². The Morgan fingerprint density at radius 3 is 2.59 bits per heavy atom. The number of carbonyl (C=O) groups is 1. The molecule has 3 atom stereocenters. The average Bonchev–Trinajstić information content (AvgIpc) is 2.81. The minimum Gasteiger partial charge on any atom is -0.335 e. The molecule has 3 heteroatoms. The maximum atomic E-state index is 13.1. The van der Waals surface area contributed by atoms with Gasteiger partial charge in [0.1, 0.15) is 0 Å². The van der Waals surface area contributed by atoms with Crippen LogP contribution in [0.25, 0.3) is 0 Å². The molecule has 1 saturated carbocycles. The quantitative estimate of drug-likeness (QED) is 0.906. The van der Waals surface area contributed by atoms with Gasteiger partial charge in [0, 0.05) is 18.5 Å². The van der Waals surface area contributed by atoms with Crippen molar-refractivity contribution < 1.29 is 4.79 Å². The van der Waals surface area contributed by atoms with Gasteiger partial charge in [-0.2, -0.15) is 0 Å². The molecular formula is C19H28N2O. The predicted octanol–water partition coefficient (Wildman–Crippen LogP) is 3.65. The molecule has 2 fully saturated rings. The third-order valence-electron chi connectivity index (χ3n) is 5.28. The number of hydrogen-bond donors (Lipinski definition) is 1. The Bertz CT molecular complexity index is 487. The van der Waals surface area contributed by atoms with Crippen LogP contribution in [-0.4, -0.2) is 23.4 Å². The topological polar surface area (TPSA) is 46.3 Å². The molecule has 22 heavy (non-hydrogen) atoms. The van der Waals surface area contributed by atoms with Crippen molar-refractivity contribution in [3.63, 3.8) is 0 Å². The van der Waals surface area contributed by atoms with Gasteiger partial charge >= 0.3 is 0 Å². The van der Waals surface area contributed by atoms with Gasteiger partial charge in [0.25, 0.3) is 0 Å². The van der Waals surface area contributed by atoms with Crippen molar-refractivity contribution >= 4 is 5.91 Å². The molecule has 0 bridgehead atoms. The van der Waals surface area contributed by atoms with Gasteiger partial charge in [-0.05, 0) is 37.7 Å². The molecule has 2 aliphatic rings. The van der Waals surface area contributed by atoms with Gasteiger partial charge in [-0.25, -0.2) is 0 Å². The molecule has 3 unspecified atom stereocenters. The first-order valence-corrected chi connectivity index (χ1v) is 8.86. The van der Waals surface area contributed by atoms with Crippen molar-refractivity contribution in [3.8, 4) is 0 Å². The first kappa shape index (κ1) is 15.5. The van der Waals surface area contributed by atoms with Crippen molar-refractivity contribution in [2.45, 2.75) is 63.5 Å². The van der Waals surface area contributed by atoms with E-state index >= 15 is 0 Å². The van der Waals surface area contributed by atoms with Gasteiger partial charge in [-0.3, -0.25) is 4.79 Å². The fourth-order valence-corrected chi connectivity index (χ4v) is 4.08. The highest BCUT2D eigenvalue weighted by Gasteiger charge is 2.33. The molecule has 120 valence electrons. The fraction of sp³-hybridized carbons (Fsp3) is 0.632. The number of nitrogens with two attached hydrogens (primary N) is 1. The standard InChI is InChI=1S/C19H28N2O/c20-17-11-7-10-16(14-17)19(22)21-13-6-2-5-12-18(21)15-8-3-1-4-9-15/h1,3-4,8-9,16-18H,2,5-7,10-14,20H2. The third kappa shape index (κ3) is 3.52. The Kier molecular flexibility index (Phi) is 5.14. The van der Waals surface area contributed by atoms with E-state index in [0.717, 1.165) is 45.1 Å². The number of amides is 1. The van der Waals surface area contributed by atoms with E-state index in [1.54, 1.807) is 0 Å². The first-order chi connectivity index (χ1) is 10.8. The molecule has 3 rings (SSSR count). The zero-order valence-corrected chi connectivity index (χ0v) is 13.4. The summed E-state index contributed by atoms with van der Waals surface area (Å²) in [7, 11) is 0. The third-order valence-corrected chi connectivity index (χ3v) is 5.28. The van der Waals surface area contributed by atoms with Crippen LogP contribution in [0.1, 0.15) is 63.0 Å². The van der Waals surface area contributed by atoms with Crippen LogP contribution in [0.15, 0.2) is 30.3 Å². The lowest BCUT2D eigenvalue weighted by Gasteiger charge is -2.35. The summed E-state index contributed by atoms with van der Waals surface area (Å²) in [6, 6.07) is 11.0. The summed E-state index contributed by atoms with van der Waals surface area (Å²) in [6.07, 6.45) is 8.74. The molecule has 1 aliphatic heterocycles. The van der Waals surface area contributed by atoms with Crippen LogP contribution >= 0.6 is 0 Å².